The standard InChI is InChI=1S/C17H20N2O2S/c1-11-9-19(10-12(2)21-11)17-18-16(20)15(22-17)13(3)14-7-5-4-6-8-14/h4-8,11-12H,9-10H2,1-3H3/b15-13-/t11-,12-/m1/s1. The SMILES string of the molecule is C/C(=C1/SC(N2C[C@@H](C)O[C@H](C)C2)=NC1=O)c1ccccc1. The van der Waals surface area contributed by atoms with Crippen molar-refractivity contribution in [2.75, 3.05) is 13.1 Å². The molecule has 1 amide bonds. The first-order valence-electron chi connectivity index (χ1n) is 7.52. The van der Waals surface area contributed by atoms with Crippen molar-refractivity contribution in [1.82, 2.24) is 4.90 Å². The van der Waals surface area contributed by atoms with Crippen molar-refractivity contribution in [3.05, 3.63) is 40.8 Å². The molecule has 1 saturated heterocycles. The van der Waals surface area contributed by atoms with Crippen molar-refractivity contribution in [3.8, 4) is 0 Å². The summed E-state index contributed by atoms with van der Waals surface area (Å²) >= 11 is 1.48. The minimum atomic E-state index is -0.131. The summed E-state index contributed by atoms with van der Waals surface area (Å²) in [6.07, 6.45) is 0.316. The number of carbonyl (C=O) groups is 1. The second kappa shape index (κ2) is 6.26. The molecule has 5 heteroatoms. The minimum absolute atomic E-state index is 0.131. The van der Waals surface area contributed by atoms with Gasteiger partial charge in [-0.2, -0.15) is 4.99 Å². The van der Waals surface area contributed by atoms with Gasteiger partial charge in [0.15, 0.2) is 5.17 Å². The number of aliphatic imine (C=N–C) groups is 1. The number of rotatable bonds is 1. The summed E-state index contributed by atoms with van der Waals surface area (Å²) in [6.45, 7) is 7.65. The van der Waals surface area contributed by atoms with Crippen LogP contribution in [0.2, 0.25) is 0 Å². The molecular formula is C17H20N2O2S. The number of morpholine rings is 1. The highest BCUT2D eigenvalue weighted by atomic mass is 32.2. The zero-order chi connectivity index (χ0) is 15.7. The van der Waals surface area contributed by atoms with Gasteiger partial charge in [0.05, 0.1) is 17.1 Å². The van der Waals surface area contributed by atoms with Crippen LogP contribution in [-0.2, 0) is 9.53 Å². The first kappa shape index (κ1) is 15.3. The Balaban J connectivity index is 1.82. The average molecular weight is 316 g/mol. The molecule has 0 saturated carbocycles. The molecule has 0 radical (unpaired) electrons. The van der Waals surface area contributed by atoms with E-state index in [0.29, 0.717) is 0 Å². The lowest BCUT2D eigenvalue weighted by atomic mass is 10.1. The Kier molecular flexibility index (Phi) is 4.36. The van der Waals surface area contributed by atoms with Gasteiger partial charge in [-0.3, -0.25) is 4.79 Å². The van der Waals surface area contributed by atoms with E-state index in [0.717, 1.165) is 34.3 Å². The highest BCUT2D eigenvalue weighted by molar-refractivity contribution is 8.18. The van der Waals surface area contributed by atoms with Crippen molar-refractivity contribution in [3.63, 3.8) is 0 Å². The second-order valence-corrected chi connectivity index (χ2v) is 6.76. The Labute approximate surface area is 135 Å². The number of hydrogen-bond donors (Lipinski definition) is 0. The van der Waals surface area contributed by atoms with E-state index >= 15 is 0 Å². The Bertz CT molecular complexity index is 629. The third kappa shape index (κ3) is 3.10. The molecule has 2 atom stereocenters. The van der Waals surface area contributed by atoms with Gasteiger partial charge < -0.3 is 9.64 Å². The molecular weight excluding hydrogens is 296 g/mol. The number of amidine groups is 1. The maximum Gasteiger partial charge on any atom is 0.286 e. The van der Waals surface area contributed by atoms with Crippen LogP contribution >= 0.6 is 11.8 Å². The Hall–Kier alpha value is -1.59. The molecule has 4 nitrogen and oxygen atoms in total. The highest BCUT2D eigenvalue weighted by Gasteiger charge is 2.32. The fraction of sp³-hybridized carbons (Fsp3) is 0.412. The maximum atomic E-state index is 12.3. The fourth-order valence-corrected chi connectivity index (χ4v) is 3.81. The molecule has 0 unspecified atom stereocenters. The quantitative estimate of drug-likeness (QED) is 0.746. The van der Waals surface area contributed by atoms with Gasteiger partial charge in [-0.25, -0.2) is 0 Å². The summed E-state index contributed by atoms with van der Waals surface area (Å²) in [5.74, 6) is -0.131. The molecule has 0 N–H and O–H groups in total. The summed E-state index contributed by atoms with van der Waals surface area (Å²) in [7, 11) is 0. The summed E-state index contributed by atoms with van der Waals surface area (Å²) in [6, 6.07) is 9.98. The van der Waals surface area contributed by atoms with Gasteiger partial charge in [0.1, 0.15) is 0 Å². The smallest absolute Gasteiger partial charge is 0.286 e. The zero-order valence-electron chi connectivity index (χ0n) is 13.1. The number of benzene rings is 1. The molecule has 2 aliphatic heterocycles. The van der Waals surface area contributed by atoms with E-state index in [1.165, 1.54) is 11.8 Å². The molecule has 116 valence electrons. The summed E-state index contributed by atoms with van der Waals surface area (Å²) in [5.41, 5.74) is 2.06. The molecule has 0 bridgehead atoms. The van der Waals surface area contributed by atoms with Gasteiger partial charge in [0.2, 0.25) is 0 Å². The lowest BCUT2D eigenvalue weighted by molar-refractivity contribution is -0.113. The van der Waals surface area contributed by atoms with Crippen molar-refractivity contribution < 1.29 is 9.53 Å². The third-order valence-corrected chi connectivity index (χ3v) is 5.04. The molecule has 3 rings (SSSR count). The molecule has 1 aromatic carbocycles. The fourth-order valence-electron chi connectivity index (χ4n) is 2.82. The molecule has 1 aromatic rings. The Morgan fingerprint density at radius 2 is 1.86 bits per heavy atom. The third-order valence-electron chi connectivity index (χ3n) is 3.82. The number of allylic oxidation sites excluding steroid dienone is 1. The van der Waals surface area contributed by atoms with E-state index in [4.69, 9.17) is 4.74 Å². The molecule has 0 aromatic heterocycles. The molecule has 2 heterocycles. The van der Waals surface area contributed by atoms with E-state index in [1.54, 1.807) is 0 Å². The first-order valence-corrected chi connectivity index (χ1v) is 8.34. The number of amides is 1. The van der Waals surface area contributed by atoms with Crippen LogP contribution in [0, 0.1) is 0 Å². The van der Waals surface area contributed by atoms with E-state index in [1.807, 2.05) is 37.3 Å². The van der Waals surface area contributed by atoms with E-state index < -0.39 is 0 Å². The summed E-state index contributed by atoms with van der Waals surface area (Å²) in [5, 5.41) is 0.803. The Morgan fingerprint density at radius 1 is 1.23 bits per heavy atom. The average Bonchev–Trinajstić information content (AvgIpc) is 2.88. The number of thioether (sulfide) groups is 1. The predicted octanol–water partition coefficient (Wildman–Crippen LogP) is 3.16. The maximum absolute atomic E-state index is 12.3. The highest BCUT2D eigenvalue weighted by Crippen LogP contribution is 2.35. The van der Waals surface area contributed by atoms with Gasteiger partial charge >= 0.3 is 0 Å². The molecule has 2 aliphatic rings. The lowest BCUT2D eigenvalue weighted by Crippen LogP contribution is -2.47. The van der Waals surface area contributed by atoms with Gasteiger partial charge in [-0.1, -0.05) is 30.3 Å². The van der Waals surface area contributed by atoms with Crippen LogP contribution in [0.5, 0.6) is 0 Å². The first-order chi connectivity index (χ1) is 10.5. The number of carbonyl (C=O) groups excluding carboxylic acids is 1. The minimum Gasteiger partial charge on any atom is -0.372 e. The van der Waals surface area contributed by atoms with Crippen LogP contribution in [0.4, 0.5) is 0 Å². The van der Waals surface area contributed by atoms with Crippen LogP contribution in [0.3, 0.4) is 0 Å². The molecule has 22 heavy (non-hydrogen) atoms. The largest absolute Gasteiger partial charge is 0.372 e. The molecule has 0 spiro atoms. The number of nitrogens with zero attached hydrogens (tertiary/aromatic N) is 2. The van der Waals surface area contributed by atoms with E-state index in [2.05, 4.69) is 23.7 Å². The van der Waals surface area contributed by atoms with E-state index in [-0.39, 0.29) is 18.1 Å². The predicted molar refractivity (Wildman–Crippen MR) is 90.7 cm³/mol. The monoisotopic (exact) mass is 316 g/mol. The topological polar surface area (TPSA) is 41.9 Å². The van der Waals surface area contributed by atoms with Crippen LogP contribution in [-0.4, -0.2) is 41.3 Å². The molecule has 0 aliphatic carbocycles. The van der Waals surface area contributed by atoms with Crippen molar-refractivity contribution >= 4 is 28.4 Å². The summed E-state index contributed by atoms with van der Waals surface area (Å²) in [4.78, 5) is 19.4. The Morgan fingerprint density at radius 3 is 2.50 bits per heavy atom. The van der Waals surface area contributed by atoms with Gasteiger partial charge in [-0.05, 0) is 43.7 Å². The van der Waals surface area contributed by atoms with Crippen LogP contribution in [0.25, 0.3) is 5.57 Å². The van der Waals surface area contributed by atoms with E-state index in [9.17, 15) is 4.79 Å². The van der Waals surface area contributed by atoms with Crippen molar-refractivity contribution in [1.29, 1.82) is 0 Å². The lowest BCUT2D eigenvalue weighted by Gasteiger charge is -2.35. The second-order valence-electron chi connectivity index (χ2n) is 5.78. The van der Waals surface area contributed by atoms with Crippen molar-refractivity contribution in [2.45, 2.75) is 33.0 Å². The molecule has 1 fully saturated rings. The van der Waals surface area contributed by atoms with Gasteiger partial charge in [0.25, 0.3) is 5.91 Å². The summed E-state index contributed by atoms with van der Waals surface area (Å²) < 4.78 is 5.74. The number of hydrogen-bond acceptors (Lipinski definition) is 4. The van der Waals surface area contributed by atoms with Crippen LogP contribution < -0.4 is 0 Å². The van der Waals surface area contributed by atoms with Crippen molar-refractivity contribution in [2.24, 2.45) is 4.99 Å². The van der Waals surface area contributed by atoms with Crippen LogP contribution in [0.15, 0.2) is 40.2 Å². The van der Waals surface area contributed by atoms with Gasteiger partial charge in [-0.15, -0.1) is 0 Å². The normalized spacial score (nSPS) is 27.9. The van der Waals surface area contributed by atoms with Gasteiger partial charge in [0, 0.05) is 13.1 Å². The van der Waals surface area contributed by atoms with Crippen LogP contribution in [0.1, 0.15) is 26.3 Å². The number of ether oxygens (including phenoxy) is 1. The zero-order valence-corrected chi connectivity index (χ0v) is 13.9.